The fraction of sp³-hybridized carbons (Fsp3) is 0.875. The van der Waals surface area contributed by atoms with E-state index in [2.05, 4.69) is 10.2 Å². The number of thiocarbonyl (C=S) groups is 1. The van der Waals surface area contributed by atoms with Gasteiger partial charge < -0.3 is 16.0 Å². The zero-order valence-corrected chi connectivity index (χ0v) is 8.20. The van der Waals surface area contributed by atoms with E-state index >= 15 is 0 Å². The second kappa shape index (κ2) is 5.32. The van der Waals surface area contributed by atoms with Gasteiger partial charge in [0.2, 0.25) is 0 Å². The Hall–Kier alpha value is -0.350. The summed E-state index contributed by atoms with van der Waals surface area (Å²) in [7, 11) is 0. The first kappa shape index (κ1) is 9.74. The molecule has 1 aliphatic rings. The van der Waals surface area contributed by atoms with Gasteiger partial charge in [-0.1, -0.05) is 0 Å². The van der Waals surface area contributed by atoms with Crippen LogP contribution in [0.15, 0.2) is 0 Å². The molecule has 0 aromatic carbocycles. The van der Waals surface area contributed by atoms with Gasteiger partial charge >= 0.3 is 0 Å². The molecule has 1 fully saturated rings. The first-order valence-electron chi connectivity index (χ1n) is 4.55. The van der Waals surface area contributed by atoms with Crippen molar-refractivity contribution in [1.82, 2.24) is 10.2 Å². The van der Waals surface area contributed by atoms with E-state index < -0.39 is 0 Å². The number of nitrogens with two attached hydrogens (primary N) is 1. The molecule has 1 saturated heterocycles. The van der Waals surface area contributed by atoms with Gasteiger partial charge in [-0.2, -0.15) is 0 Å². The molecule has 12 heavy (non-hydrogen) atoms. The highest BCUT2D eigenvalue weighted by Gasteiger charge is 2.09. The average Bonchev–Trinajstić information content (AvgIpc) is 2.49. The van der Waals surface area contributed by atoms with Gasteiger partial charge in [0.05, 0.1) is 0 Å². The van der Waals surface area contributed by atoms with Crippen molar-refractivity contribution in [3.63, 3.8) is 0 Å². The molecule has 1 aliphatic heterocycles. The highest BCUT2D eigenvalue weighted by atomic mass is 32.1. The summed E-state index contributed by atoms with van der Waals surface area (Å²) in [4.78, 5) is 2.49. The lowest BCUT2D eigenvalue weighted by Gasteiger charge is -2.13. The summed E-state index contributed by atoms with van der Waals surface area (Å²) in [5, 5.41) is 3.37. The van der Waals surface area contributed by atoms with Crippen LogP contribution in [0.5, 0.6) is 0 Å². The summed E-state index contributed by atoms with van der Waals surface area (Å²) in [6.07, 6.45) is 3.86. The monoisotopic (exact) mass is 187 g/mol. The van der Waals surface area contributed by atoms with Crippen molar-refractivity contribution >= 4 is 17.3 Å². The molecule has 0 bridgehead atoms. The topological polar surface area (TPSA) is 41.3 Å². The number of hydrogen-bond acceptors (Lipinski definition) is 2. The maximum atomic E-state index is 5.29. The smallest absolute Gasteiger partial charge is 0.163 e. The van der Waals surface area contributed by atoms with Crippen molar-refractivity contribution in [2.75, 3.05) is 26.2 Å². The molecule has 70 valence electrons. The second-order valence-electron chi connectivity index (χ2n) is 3.19. The van der Waals surface area contributed by atoms with Crippen molar-refractivity contribution in [2.45, 2.75) is 19.3 Å². The first-order chi connectivity index (χ1) is 5.79. The van der Waals surface area contributed by atoms with Crippen molar-refractivity contribution in [2.24, 2.45) is 5.73 Å². The van der Waals surface area contributed by atoms with Crippen molar-refractivity contribution < 1.29 is 0 Å². The third-order valence-corrected chi connectivity index (χ3v) is 2.29. The van der Waals surface area contributed by atoms with Gasteiger partial charge in [-0.05, 0) is 51.1 Å². The van der Waals surface area contributed by atoms with E-state index in [1.165, 1.54) is 32.5 Å². The SMILES string of the molecule is NC(=S)NCCCN1CCCC1. The summed E-state index contributed by atoms with van der Waals surface area (Å²) >= 11 is 4.70. The molecular weight excluding hydrogens is 170 g/mol. The summed E-state index contributed by atoms with van der Waals surface area (Å²) in [5.74, 6) is 0. The predicted molar refractivity (Wildman–Crippen MR) is 55.1 cm³/mol. The van der Waals surface area contributed by atoms with Crippen LogP contribution >= 0.6 is 12.2 Å². The molecule has 3 N–H and O–H groups in total. The zero-order valence-electron chi connectivity index (χ0n) is 7.38. The minimum Gasteiger partial charge on any atom is -0.376 e. The molecule has 0 aromatic rings. The largest absolute Gasteiger partial charge is 0.376 e. The van der Waals surface area contributed by atoms with Gasteiger partial charge in [0.25, 0.3) is 0 Å². The quantitative estimate of drug-likeness (QED) is 0.491. The number of nitrogens with one attached hydrogen (secondary N) is 1. The Morgan fingerprint density at radius 1 is 1.42 bits per heavy atom. The molecule has 0 spiro atoms. The lowest BCUT2D eigenvalue weighted by Crippen LogP contribution is -2.32. The van der Waals surface area contributed by atoms with E-state index in [-0.39, 0.29) is 0 Å². The first-order valence-corrected chi connectivity index (χ1v) is 4.95. The Bertz CT molecular complexity index is 143. The standard InChI is InChI=1S/C8H17N3S/c9-8(12)10-4-3-7-11-5-1-2-6-11/h1-7H2,(H3,9,10,12). The third-order valence-electron chi connectivity index (χ3n) is 2.15. The fourth-order valence-electron chi connectivity index (χ4n) is 1.52. The molecule has 0 atom stereocenters. The molecule has 4 heteroatoms. The molecule has 0 unspecified atom stereocenters. The summed E-state index contributed by atoms with van der Waals surface area (Å²) in [5.41, 5.74) is 5.29. The fourth-order valence-corrected chi connectivity index (χ4v) is 1.62. The van der Waals surface area contributed by atoms with Gasteiger partial charge in [0.15, 0.2) is 5.11 Å². The molecule has 3 nitrogen and oxygen atoms in total. The van der Waals surface area contributed by atoms with Crippen LogP contribution in [0.1, 0.15) is 19.3 Å². The Morgan fingerprint density at radius 2 is 2.08 bits per heavy atom. The Morgan fingerprint density at radius 3 is 2.67 bits per heavy atom. The van der Waals surface area contributed by atoms with E-state index in [0.29, 0.717) is 5.11 Å². The van der Waals surface area contributed by atoms with Gasteiger partial charge in [0, 0.05) is 6.54 Å². The zero-order chi connectivity index (χ0) is 8.81. The molecule has 0 radical (unpaired) electrons. The van der Waals surface area contributed by atoms with E-state index in [0.717, 1.165) is 13.0 Å². The van der Waals surface area contributed by atoms with Crippen molar-refractivity contribution in [1.29, 1.82) is 0 Å². The molecule has 0 aromatic heterocycles. The number of rotatable bonds is 4. The van der Waals surface area contributed by atoms with Crippen LogP contribution in [0.25, 0.3) is 0 Å². The van der Waals surface area contributed by atoms with Gasteiger partial charge in [-0.3, -0.25) is 0 Å². The maximum absolute atomic E-state index is 5.29. The van der Waals surface area contributed by atoms with Gasteiger partial charge in [-0.15, -0.1) is 0 Å². The van der Waals surface area contributed by atoms with Crippen molar-refractivity contribution in [3.05, 3.63) is 0 Å². The lowest BCUT2D eigenvalue weighted by molar-refractivity contribution is 0.334. The van der Waals surface area contributed by atoms with Crippen LogP contribution in [0.4, 0.5) is 0 Å². The van der Waals surface area contributed by atoms with Crippen LogP contribution < -0.4 is 11.1 Å². The molecular formula is C8H17N3S. The van der Waals surface area contributed by atoms with E-state index in [9.17, 15) is 0 Å². The Balaban J connectivity index is 1.91. The second-order valence-corrected chi connectivity index (χ2v) is 3.63. The van der Waals surface area contributed by atoms with Crippen LogP contribution in [0, 0.1) is 0 Å². The molecule has 1 heterocycles. The van der Waals surface area contributed by atoms with Crippen LogP contribution in [0.2, 0.25) is 0 Å². The van der Waals surface area contributed by atoms with E-state index in [1.807, 2.05) is 0 Å². The minimum atomic E-state index is 0.413. The van der Waals surface area contributed by atoms with Crippen molar-refractivity contribution in [3.8, 4) is 0 Å². The molecule has 0 aliphatic carbocycles. The molecule has 0 amide bonds. The van der Waals surface area contributed by atoms with Gasteiger partial charge in [0.1, 0.15) is 0 Å². The number of hydrogen-bond donors (Lipinski definition) is 2. The molecule has 0 saturated carbocycles. The van der Waals surface area contributed by atoms with E-state index in [4.69, 9.17) is 18.0 Å². The molecule has 1 rings (SSSR count). The number of nitrogens with zero attached hydrogens (tertiary/aromatic N) is 1. The number of likely N-dealkylation sites (tertiary alicyclic amines) is 1. The normalized spacial score (nSPS) is 18.0. The summed E-state index contributed by atoms with van der Waals surface area (Å²) in [6, 6.07) is 0. The van der Waals surface area contributed by atoms with Crippen LogP contribution in [-0.4, -0.2) is 36.2 Å². The lowest BCUT2D eigenvalue weighted by atomic mass is 10.4. The average molecular weight is 187 g/mol. The van der Waals surface area contributed by atoms with Crippen LogP contribution in [0.3, 0.4) is 0 Å². The predicted octanol–water partition coefficient (Wildman–Crippen LogP) is 0.305. The summed E-state index contributed by atoms with van der Waals surface area (Å²) in [6.45, 7) is 4.63. The van der Waals surface area contributed by atoms with E-state index in [1.54, 1.807) is 0 Å². The van der Waals surface area contributed by atoms with Crippen LogP contribution in [-0.2, 0) is 0 Å². The van der Waals surface area contributed by atoms with Gasteiger partial charge in [-0.25, -0.2) is 0 Å². The highest BCUT2D eigenvalue weighted by Crippen LogP contribution is 2.06. The summed E-state index contributed by atoms with van der Waals surface area (Å²) < 4.78 is 0. The minimum absolute atomic E-state index is 0.413. The Labute approximate surface area is 79.3 Å². The third kappa shape index (κ3) is 3.88. The Kier molecular flexibility index (Phi) is 4.32. The maximum Gasteiger partial charge on any atom is 0.163 e. The highest BCUT2D eigenvalue weighted by molar-refractivity contribution is 7.80.